The molecule has 1 radical (unpaired) electrons. The van der Waals surface area contributed by atoms with E-state index in [9.17, 15) is 5.21 Å². The van der Waals surface area contributed by atoms with Crippen LogP contribution in [0.3, 0.4) is 0 Å². The smallest absolute Gasteiger partial charge is 0.0668 e. The van der Waals surface area contributed by atoms with Crippen molar-refractivity contribution in [2.75, 3.05) is 13.6 Å². The topological polar surface area (TPSA) is 26.4 Å². The molecule has 3 nitrogen and oxygen atoms in total. The summed E-state index contributed by atoms with van der Waals surface area (Å²) in [6.45, 7) is 9.22. The first-order chi connectivity index (χ1) is 10.6. The summed E-state index contributed by atoms with van der Waals surface area (Å²) < 4.78 is 0. The summed E-state index contributed by atoms with van der Waals surface area (Å²) in [7, 11) is 2.32. The Morgan fingerprint density at radius 2 is 1.52 bits per heavy atom. The van der Waals surface area contributed by atoms with E-state index in [1.165, 1.54) is 49.2 Å². The lowest BCUT2D eigenvalue weighted by atomic mass is 9.52. The second-order valence-electron chi connectivity index (χ2n) is 10.2. The van der Waals surface area contributed by atoms with Crippen LogP contribution in [0.4, 0.5) is 0 Å². The Morgan fingerprint density at radius 1 is 1.04 bits per heavy atom. The molecule has 0 aromatic heterocycles. The lowest BCUT2D eigenvalue weighted by molar-refractivity contribution is -0.239. The fourth-order valence-electron chi connectivity index (χ4n) is 6.71. The number of hydrogen-bond acceptors (Lipinski definition) is 2. The summed E-state index contributed by atoms with van der Waals surface area (Å²) in [6, 6.07) is 0. The molecule has 129 valence electrons. The molecule has 1 heterocycles. The van der Waals surface area contributed by atoms with E-state index in [2.05, 4.69) is 31.9 Å². The number of nitrogens with zero attached hydrogens (tertiary/aromatic N) is 2. The summed E-state index contributed by atoms with van der Waals surface area (Å²) in [6.07, 6.45) is 10.9. The Kier molecular flexibility index (Phi) is 3.38. The highest BCUT2D eigenvalue weighted by atomic mass is 16.5. The lowest BCUT2D eigenvalue weighted by Gasteiger charge is -2.60. The normalized spacial score (nSPS) is 44.1. The van der Waals surface area contributed by atoms with Gasteiger partial charge in [-0.1, -0.05) is 6.08 Å². The maximum atomic E-state index is 12.6. The van der Waals surface area contributed by atoms with Crippen molar-refractivity contribution in [3.63, 3.8) is 0 Å². The van der Waals surface area contributed by atoms with Crippen LogP contribution in [0.2, 0.25) is 0 Å². The Bertz CT molecular complexity index is 498. The van der Waals surface area contributed by atoms with Gasteiger partial charge in [0.25, 0.3) is 0 Å². The minimum absolute atomic E-state index is 0.374. The molecule has 3 heteroatoms. The monoisotopic (exact) mass is 317 g/mol. The van der Waals surface area contributed by atoms with Crippen LogP contribution in [0.25, 0.3) is 0 Å². The predicted octanol–water partition coefficient (Wildman–Crippen LogP) is 4.03. The van der Waals surface area contributed by atoms with Crippen LogP contribution in [0, 0.1) is 17.8 Å². The molecule has 0 N–H and O–H groups in total. The molecule has 1 aliphatic heterocycles. The van der Waals surface area contributed by atoms with Gasteiger partial charge in [-0.15, -0.1) is 10.3 Å². The summed E-state index contributed by atoms with van der Waals surface area (Å²) in [5.74, 6) is 2.92. The molecule has 0 spiro atoms. The standard InChI is InChI=1S/C20H33N2O/c1-18(2)12-17(19(3,4)22(18)23)13-21(5)20-9-14-6-15(10-20)8-16(7-14)11-20/h12,14-16H,6-11,13H2,1-5H3. The highest BCUT2D eigenvalue weighted by Gasteiger charge is 2.54. The van der Waals surface area contributed by atoms with Crippen LogP contribution in [0.5, 0.6) is 0 Å². The first-order valence-corrected chi connectivity index (χ1v) is 9.53. The van der Waals surface area contributed by atoms with Crippen molar-refractivity contribution in [1.82, 2.24) is 9.96 Å². The summed E-state index contributed by atoms with van der Waals surface area (Å²) in [5.41, 5.74) is 0.989. The number of likely N-dealkylation sites (N-methyl/N-ethyl adjacent to an activating group) is 1. The van der Waals surface area contributed by atoms with Gasteiger partial charge in [0.1, 0.15) is 0 Å². The molecule has 5 aliphatic rings. The van der Waals surface area contributed by atoms with Crippen molar-refractivity contribution in [2.24, 2.45) is 17.8 Å². The van der Waals surface area contributed by atoms with Gasteiger partial charge in [0.05, 0.1) is 11.1 Å². The van der Waals surface area contributed by atoms with Crippen molar-refractivity contribution >= 4 is 0 Å². The Labute approximate surface area is 141 Å². The molecule has 0 unspecified atom stereocenters. The Balaban J connectivity index is 1.56. The molecular weight excluding hydrogens is 284 g/mol. The lowest BCUT2D eigenvalue weighted by Crippen LogP contribution is -2.59. The molecule has 0 atom stereocenters. The van der Waals surface area contributed by atoms with E-state index < -0.39 is 0 Å². The van der Waals surface area contributed by atoms with E-state index in [0.29, 0.717) is 5.54 Å². The molecule has 0 aromatic carbocycles. The minimum atomic E-state index is -0.375. The van der Waals surface area contributed by atoms with E-state index >= 15 is 0 Å². The largest absolute Gasteiger partial charge is 0.297 e. The Morgan fingerprint density at radius 3 is 1.91 bits per heavy atom. The maximum Gasteiger partial charge on any atom is 0.0668 e. The minimum Gasteiger partial charge on any atom is -0.297 e. The van der Waals surface area contributed by atoms with Gasteiger partial charge >= 0.3 is 0 Å². The third kappa shape index (κ3) is 2.34. The molecule has 0 amide bonds. The third-order valence-corrected chi connectivity index (χ3v) is 7.57. The molecule has 0 aromatic rings. The second-order valence-corrected chi connectivity index (χ2v) is 10.2. The SMILES string of the molecule is CN(CC1=CC(C)(C)N([O])C1(C)C)C12CC3CC(CC(C3)C1)C2. The van der Waals surface area contributed by atoms with Crippen molar-refractivity contribution in [3.8, 4) is 0 Å². The van der Waals surface area contributed by atoms with E-state index in [-0.39, 0.29) is 11.1 Å². The van der Waals surface area contributed by atoms with Crippen LogP contribution in [0.15, 0.2) is 11.6 Å². The zero-order valence-corrected chi connectivity index (χ0v) is 15.6. The Hall–Kier alpha value is -0.380. The third-order valence-electron chi connectivity index (χ3n) is 7.57. The van der Waals surface area contributed by atoms with E-state index in [1.807, 2.05) is 13.8 Å². The number of hydrogen-bond donors (Lipinski definition) is 0. The van der Waals surface area contributed by atoms with Gasteiger partial charge in [-0.3, -0.25) is 4.90 Å². The number of rotatable bonds is 3. The van der Waals surface area contributed by atoms with E-state index in [4.69, 9.17) is 0 Å². The van der Waals surface area contributed by atoms with Gasteiger partial charge in [-0.05, 0) is 96.6 Å². The molecule has 4 fully saturated rings. The zero-order chi connectivity index (χ0) is 16.6. The molecule has 4 bridgehead atoms. The summed E-state index contributed by atoms with van der Waals surface area (Å²) >= 11 is 0. The molecule has 4 aliphatic carbocycles. The molecule has 0 saturated heterocycles. The van der Waals surface area contributed by atoms with Crippen molar-refractivity contribution in [1.29, 1.82) is 0 Å². The summed E-state index contributed by atoms with van der Waals surface area (Å²) in [5, 5.41) is 13.9. The average molecular weight is 317 g/mol. The van der Waals surface area contributed by atoms with Crippen LogP contribution in [-0.4, -0.2) is 40.2 Å². The van der Waals surface area contributed by atoms with Gasteiger partial charge in [-0.25, -0.2) is 0 Å². The van der Waals surface area contributed by atoms with Crippen LogP contribution >= 0.6 is 0 Å². The van der Waals surface area contributed by atoms with Crippen molar-refractivity contribution in [3.05, 3.63) is 11.6 Å². The van der Waals surface area contributed by atoms with Crippen molar-refractivity contribution < 1.29 is 5.21 Å². The fourth-order valence-corrected chi connectivity index (χ4v) is 6.71. The van der Waals surface area contributed by atoms with Crippen LogP contribution < -0.4 is 0 Å². The van der Waals surface area contributed by atoms with Crippen LogP contribution in [-0.2, 0) is 5.21 Å². The van der Waals surface area contributed by atoms with E-state index in [0.717, 1.165) is 24.3 Å². The quantitative estimate of drug-likeness (QED) is 0.735. The van der Waals surface area contributed by atoms with Crippen molar-refractivity contribution in [2.45, 2.75) is 82.8 Å². The zero-order valence-electron chi connectivity index (χ0n) is 15.6. The average Bonchev–Trinajstić information content (AvgIpc) is 2.57. The molecular formula is C20H33N2O. The highest BCUT2D eigenvalue weighted by molar-refractivity contribution is 5.31. The molecule has 23 heavy (non-hydrogen) atoms. The fraction of sp³-hybridized carbons (Fsp3) is 0.900. The molecule has 5 rings (SSSR count). The van der Waals surface area contributed by atoms with Gasteiger partial charge in [0, 0.05) is 12.1 Å². The summed E-state index contributed by atoms with van der Waals surface area (Å²) in [4.78, 5) is 2.64. The number of hydroxylamine groups is 2. The van der Waals surface area contributed by atoms with Crippen LogP contribution in [0.1, 0.15) is 66.2 Å². The van der Waals surface area contributed by atoms with Gasteiger partial charge in [0.15, 0.2) is 0 Å². The second kappa shape index (κ2) is 4.83. The van der Waals surface area contributed by atoms with Gasteiger partial charge < -0.3 is 0 Å². The first kappa shape index (κ1) is 16.1. The maximum absolute atomic E-state index is 12.6. The highest BCUT2D eigenvalue weighted by Crippen LogP contribution is 2.57. The van der Waals surface area contributed by atoms with E-state index in [1.54, 1.807) is 0 Å². The first-order valence-electron chi connectivity index (χ1n) is 9.53. The van der Waals surface area contributed by atoms with Gasteiger partial charge in [-0.2, -0.15) is 0 Å². The van der Waals surface area contributed by atoms with Gasteiger partial charge in [0.2, 0.25) is 0 Å². The predicted molar refractivity (Wildman–Crippen MR) is 92.3 cm³/mol. The molecule has 4 saturated carbocycles.